The summed E-state index contributed by atoms with van der Waals surface area (Å²) in [6, 6.07) is 6.05. The highest BCUT2D eigenvalue weighted by atomic mass is 32.2. The molecule has 0 unspecified atom stereocenters. The molecule has 0 fully saturated rings. The van der Waals surface area contributed by atoms with E-state index in [9.17, 15) is 0 Å². The normalized spacial score (nSPS) is 9.18. The SMILES string of the molecule is Cc1cccc(C)c1SC#N. The van der Waals surface area contributed by atoms with Crippen LogP contribution in [0.3, 0.4) is 0 Å². The molecule has 2 heteroatoms. The molecule has 0 aliphatic rings. The Balaban J connectivity index is 3.12. The zero-order chi connectivity index (χ0) is 8.27. The molecule has 0 bridgehead atoms. The monoisotopic (exact) mass is 163 g/mol. The lowest BCUT2D eigenvalue weighted by Crippen LogP contribution is -1.81. The van der Waals surface area contributed by atoms with E-state index in [0.717, 1.165) is 4.90 Å². The predicted molar refractivity (Wildman–Crippen MR) is 47.4 cm³/mol. The van der Waals surface area contributed by atoms with Gasteiger partial charge in [-0.1, -0.05) is 18.2 Å². The quantitative estimate of drug-likeness (QED) is 0.469. The van der Waals surface area contributed by atoms with E-state index in [0.29, 0.717) is 0 Å². The van der Waals surface area contributed by atoms with Gasteiger partial charge in [-0.05, 0) is 36.7 Å². The molecule has 11 heavy (non-hydrogen) atoms. The number of aryl methyl sites for hydroxylation is 2. The van der Waals surface area contributed by atoms with Gasteiger partial charge in [0.05, 0.1) is 0 Å². The Kier molecular flexibility index (Phi) is 2.56. The van der Waals surface area contributed by atoms with E-state index in [1.54, 1.807) is 0 Å². The number of thiocyanates is 1. The van der Waals surface area contributed by atoms with Crippen molar-refractivity contribution in [3.05, 3.63) is 29.3 Å². The van der Waals surface area contributed by atoms with Gasteiger partial charge in [0.25, 0.3) is 0 Å². The van der Waals surface area contributed by atoms with Crippen molar-refractivity contribution >= 4 is 11.8 Å². The molecule has 0 radical (unpaired) electrons. The molecular formula is C9H9NS. The first-order chi connectivity index (χ1) is 5.25. The van der Waals surface area contributed by atoms with Crippen LogP contribution in [0.5, 0.6) is 0 Å². The highest BCUT2D eigenvalue weighted by Crippen LogP contribution is 2.24. The van der Waals surface area contributed by atoms with Gasteiger partial charge < -0.3 is 0 Å². The van der Waals surface area contributed by atoms with Gasteiger partial charge in [0.15, 0.2) is 0 Å². The molecule has 1 rings (SSSR count). The summed E-state index contributed by atoms with van der Waals surface area (Å²) >= 11 is 1.23. The number of hydrogen-bond acceptors (Lipinski definition) is 2. The number of rotatable bonds is 1. The number of benzene rings is 1. The first kappa shape index (κ1) is 8.16. The van der Waals surface area contributed by atoms with Gasteiger partial charge in [-0.2, -0.15) is 5.26 Å². The molecule has 0 amide bonds. The first-order valence-corrected chi connectivity index (χ1v) is 4.19. The number of nitrogens with zero attached hydrogens (tertiary/aromatic N) is 1. The molecule has 0 N–H and O–H groups in total. The van der Waals surface area contributed by atoms with Crippen LogP contribution < -0.4 is 0 Å². The second-order valence-electron chi connectivity index (χ2n) is 2.41. The maximum absolute atomic E-state index is 8.48. The van der Waals surface area contributed by atoms with Gasteiger partial charge in [-0.25, -0.2) is 0 Å². The first-order valence-electron chi connectivity index (χ1n) is 3.38. The standard InChI is InChI=1S/C9H9NS/c1-7-4-3-5-8(2)9(7)11-6-10/h3-5H,1-2H3. The summed E-state index contributed by atoms with van der Waals surface area (Å²) in [5, 5.41) is 10.6. The van der Waals surface area contributed by atoms with Gasteiger partial charge in [0.1, 0.15) is 5.40 Å². The van der Waals surface area contributed by atoms with Gasteiger partial charge >= 0.3 is 0 Å². The fourth-order valence-electron chi connectivity index (χ4n) is 1.01. The lowest BCUT2D eigenvalue weighted by molar-refractivity contribution is 1.22. The Morgan fingerprint density at radius 3 is 2.27 bits per heavy atom. The molecule has 56 valence electrons. The minimum Gasteiger partial charge on any atom is -0.185 e. The van der Waals surface area contributed by atoms with Crippen molar-refractivity contribution < 1.29 is 0 Å². The molecule has 1 aromatic carbocycles. The van der Waals surface area contributed by atoms with Crippen molar-refractivity contribution in [1.29, 1.82) is 5.26 Å². The Morgan fingerprint density at radius 2 is 1.82 bits per heavy atom. The van der Waals surface area contributed by atoms with Crippen LogP contribution in [-0.2, 0) is 0 Å². The van der Waals surface area contributed by atoms with Crippen molar-refractivity contribution in [3.8, 4) is 5.40 Å². The summed E-state index contributed by atoms with van der Waals surface area (Å²) < 4.78 is 0. The molecule has 0 saturated heterocycles. The third-order valence-electron chi connectivity index (χ3n) is 1.56. The largest absolute Gasteiger partial charge is 0.185 e. The molecule has 0 aliphatic carbocycles. The highest BCUT2D eigenvalue weighted by Gasteiger charge is 2.00. The van der Waals surface area contributed by atoms with Gasteiger partial charge in [-0.15, -0.1) is 0 Å². The van der Waals surface area contributed by atoms with Crippen LogP contribution in [0.2, 0.25) is 0 Å². The fraction of sp³-hybridized carbons (Fsp3) is 0.222. The van der Waals surface area contributed by atoms with Crippen molar-refractivity contribution in [3.63, 3.8) is 0 Å². The van der Waals surface area contributed by atoms with Crippen LogP contribution in [0.1, 0.15) is 11.1 Å². The third kappa shape index (κ3) is 1.75. The molecule has 0 atom stereocenters. The van der Waals surface area contributed by atoms with E-state index in [4.69, 9.17) is 5.26 Å². The summed E-state index contributed by atoms with van der Waals surface area (Å²) in [6.07, 6.45) is 0. The molecular weight excluding hydrogens is 154 g/mol. The smallest absolute Gasteiger partial charge is 0.138 e. The van der Waals surface area contributed by atoms with Gasteiger partial charge in [0.2, 0.25) is 0 Å². The van der Waals surface area contributed by atoms with E-state index in [-0.39, 0.29) is 0 Å². The minimum atomic E-state index is 1.09. The van der Waals surface area contributed by atoms with Crippen LogP contribution in [0.4, 0.5) is 0 Å². The predicted octanol–water partition coefficient (Wildman–Crippen LogP) is 2.88. The summed E-state index contributed by atoms with van der Waals surface area (Å²) in [6.45, 7) is 4.04. The van der Waals surface area contributed by atoms with Crippen molar-refractivity contribution in [2.75, 3.05) is 0 Å². The van der Waals surface area contributed by atoms with Crippen LogP contribution in [0, 0.1) is 24.5 Å². The molecule has 0 aromatic heterocycles. The maximum atomic E-state index is 8.48. The van der Waals surface area contributed by atoms with Crippen molar-refractivity contribution in [2.24, 2.45) is 0 Å². The van der Waals surface area contributed by atoms with E-state index in [1.807, 2.05) is 32.0 Å². The fourth-order valence-corrected chi connectivity index (χ4v) is 1.56. The number of thioether (sulfide) groups is 1. The zero-order valence-electron chi connectivity index (χ0n) is 6.59. The Labute approximate surface area is 71.0 Å². The van der Waals surface area contributed by atoms with Gasteiger partial charge in [0, 0.05) is 4.90 Å². The number of nitriles is 1. The maximum Gasteiger partial charge on any atom is 0.138 e. The molecule has 1 nitrogen and oxygen atoms in total. The lowest BCUT2D eigenvalue weighted by Gasteiger charge is -2.02. The van der Waals surface area contributed by atoms with Crippen molar-refractivity contribution in [2.45, 2.75) is 18.7 Å². The Morgan fingerprint density at radius 1 is 1.27 bits per heavy atom. The van der Waals surface area contributed by atoms with Crippen LogP contribution in [0.15, 0.2) is 23.1 Å². The molecule has 0 spiro atoms. The topological polar surface area (TPSA) is 23.8 Å². The summed E-state index contributed by atoms with van der Waals surface area (Å²) in [7, 11) is 0. The Hall–Kier alpha value is -0.940. The van der Waals surface area contributed by atoms with E-state index in [2.05, 4.69) is 5.40 Å². The second-order valence-corrected chi connectivity index (χ2v) is 3.21. The molecule has 0 aliphatic heterocycles. The minimum absolute atomic E-state index is 1.09. The van der Waals surface area contributed by atoms with E-state index in [1.165, 1.54) is 22.9 Å². The van der Waals surface area contributed by atoms with E-state index < -0.39 is 0 Å². The van der Waals surface area contributed by atoms with E-state index >= 15 is 0 Å². The van der Waals surface area contributed by atoms with Crippen LogP contribution in [-0.4, -0.2) is 0 Å². The summed E-state index contributed by atoms with van der Waals surface area (Å²) in [4.78, 5) is 1.09. The Bertz CT molecular complexity index is 279. The average Bonchev–Trinajstić information content (AvgIpc) is 1.97. The zero-order valence-corrected chi connectivity index (χ0v) is 7.40. The van der Waals surface area contributed by atoms with Crippen LogP contribution in [0.25, 0.3) is 0 Å². The third-order valence-corrected chi connectivity index (χ3v) is 2.50. The second kappa shape index (κ2) is 3.45. The number of hydrogen-bond donors (Lipinski definition) is 0. The van der Waals surface area contributed by atoms with Crippen LogP contribution >= 0.6 is 11.8 Å². The lowest BCUT2D eigenvalue weighted by atomic mass is 10.2. The summed E-state index contributed by atoms with van der Waals surface area (Å²) in [5.41, 5.74) is 2.35. The van der Waals surface area contributed by atoms with Crippen molar-refractivity contribution in [1.82, 2.24) is 0 Å². The summed E-state index contributed by atoms with van der Waals surface area (Å²) in [5.74, 6) is 0. The molecule has 0 saturated carbocycles. The van der Waals surface area contributed by atoms with Gasteiger partial charge in [-0.3, -0.25) is 0 Å². The highest BCUT2D eigenvalue weighted by molar-refractivity contribution is 8.03. The molecule has 1 aromatic rings. The average molecular weight is 163 g/mol. The molecule has 0 heterocycles.